The van der Waals surface area contributed by atoms with Crippen LogP contribution in [0.15, 0.2) is 66.0 Å². The van der Waals surface area contributed by atoms with Crippen LogP contribution < -0.4 is 10.1 Å². The van der Waals surface area contributed by atoms with Crippen LogP contribution in [-0.2, 0) is 4.79 Å². The van der Waals surface area contributed by atoms with Crippen LogP contribution in [-0.4, -0.2) is 12.5 Å². The van der Waals surface area contributed by atoms with Crippen molar-refractivity contribution >= 4 is 17.2 Å². The molecule has 1 amide bonds. The lowest BCUT2D eigenvalue weighted by Gasteiger charge is -2.19. The third-order valence-electron chi connectivity index (χ3n) is 4.44. The number of carbonyl (C=O) groups excluding carboxylic acids is 1. The van der Waals surface area contributed by atoms with Crippen LogP contribution in [0.3, 0.4) is 0 Å². The quantitative estimate of drug-likeness (QED) is 0.616. The summed E-state index contributed by atoms with van der Waals surface area (Å²) in [5.41, 5.74) is 2.70. The minimum absolute atomic E-state index is 0.148. The Morgan fingerprint density at radius 3 is 2.43 bits per heavy atom. The molecule has 1 heterocycles. The molecule has 1 atom stereocenters. The van der Waals surface area contributed by atoms with Gasteiger partial charge in [0.05, 0.1) is 11.6 Å². The van der Waals surface area contributed by atoms with Gasteiger partial charge in [0.25, 0.3) is 5.91 Å². The second-order valence-electron chi connectivity index (χ2n) is 6.73. The number of nitriles is 1. The highest BCUT2D eigenvalue weighted by Crippen LogP contribution is 2.27. The van der Waals surface area contributed by atoms with E-state index in [1.54, 1.807) is 35.6 Å². The van der Waals surface area contributed by atoms with E-state index < -0.39 is 0 Å². The number of thiophene rings is 1. The summed E-state index contributed by atoms with van der Waals surface area (Å²) in [6.07, 6.45) is 0. The Hall–Kier alpha value is -3.10. The summed E-state index contributed by atoms with van der Waals surface area (Å²) in [4.78, 5) is 13.6. The molecule has 0 radical (unpaired) electrons. The van der Waals surface area contributed by atoms with Gasteiger partial charge < -0.3 is 10.1 Å². The molecule has 0 saturated heterocycles. The zero-order valence-electron chi connectivity index (χ0n) is 15.9. The molecule has 0 aliphatic rings. The molecule has 0 fully saturated rings. The highest BCUT2D eigenvalue weighted by molar-refractivity contribution is 7.10. The Morgan fingerprint density at radius 1 is 1.07 bits per heavy atom. The van der Waals surface area contributed by atoms with Crippen LogP contribution in [0.2, 0.25) is 0 Å². The number of carbonyl (C=O) groups is 1. The summed E-state index contributed by atoms with van der Waals surface area (Å²) >= 11 is 1.60. The van der Waals surface area contributed by atoms with Crippen molar-refractivity contribution in [2.75, 3.05) is 6.61 Å². The Kier molecular flexibility index (Phi) is 6.46. The number of ether oxygens (including phenoxy) is 1. The zero-order chi connectivity index (χ0) is 19.9. The second-order valence-corrected chi connectivity index (χ2v) is 7.71. The first kappa shape index (κ1) is 19.7. The zero-order valence-corrected chi connectivity index (χ0v) is 16.7. The van der Waals surface area contributed by atoms with E-state index in [2.05, 4.69) is 49.5 Å². The molecule has 28 heavy (non-hydrogen) atoms. The fraction of sp³-hybridized carbons (Fsp3) is 0.217. The number of hydrogen-bond donors (Lipinski definition) is 1. The predicted molar refractivity (Wildman–Crippen MR) is 111 cm³/mol. The van der Waals surface area contributed by atoms with Crippen molar-refractivity contribution in [3.63, 3.8) is 0 Å². The standard InChI is InChI=1S/C23H22N2O2S/c1-16(2)17-9-11-18(12-10-17)23(21-8-5-13-28-21)25-22(26)15-27-20-7-4-3-6-19(20)14-24/h3-13,16,23H,15H2,1-2H3,(H,25,26). The van der Waals surface area contributed by atoms with E-state index in [1.807, 2.05) is 17.5 Å². The highest BCUT2D eigenvalue weighted by Gasteiger charge is 2.19. The van der Waals surface area contributed by atoms with Gasteiger partial charge in [-0.25, -0.2) is 0 Å². The van der Waals surface area contributed by atoms with Gasteiger partial charge in [0.15, 0.2) is 6.61 Å². The molecular weight excluding hydrogens is 368 g/mol. The van der Waals surface area contributed by atoms with E-state index in [-0.39, 0.29) is 18.6 Å². The molecule has 3 aromatic rings. The molecule has 5 heteroatoms. The van der Waals surface area contributed by atoms with Crippen LogP contribution in [0.25, 0.3) is 0 Å². The molecule has 1 unspecified atom stereocenters. The molecule has 0 bridgehead atoms. The number of rotatable bonds is 7. The van der Waals surface area contributed by atoms with Crippen molar-refractivity contribution in [1.29, 1.82) is 5.26 Å². The van der Waals surface area contributed by atoms with Gasteiger partial charge in [0.2, 0.25) is 0 Å². The van der Waals surface area contributed by atoms with Crippen LogP contribution in [0.5, 0.6) is 5.75 Å². The molecule has 4 nitrogen and oxygen atoms in total. The molecule has 0 spiro atoms. The van der Waals surface area contributed by atoms with Crippen molar-refractivity contribution in [2.24, 2.45) is 0 Å². The van der Waals surface area contributed by atoms with Crippen LogP contribution in [0.4, 0.5) is 0 Å². The Morgan fingerprint density at radius 2 is 1.79 bits per heavy atom. The van der Waals surface area contributed by atoms with Crippen LogP contribution in [0.1, 0.15) is 47.4 Å². The van der Waals surface area contributed by atoms with Gasteiger partial charge in [-0.3, -0.25) is 4.79 Å². The lowest BCUT2D eigenvalue weighted by atomic mass is 9.98. The topological polar surface area (TPSA) is 62.1 Å². The summed E-state index contributed by atoms with van der Waals surface area (Å²) in [6, 6.07) is 21.0. The number of hydrogen-bond acceptors (Lipinski definition) is 4. The van der Waals surface area contributed by atoms with Gasteiger partial charge in [-0.1, -0.05) is 56.3 Å². The normalized spacial score (nSPS) is 11.6. The average molecular weight is 391 g/mol. The van der Waals surface area contributed by atoms with Crippen LogP contribution in [0, 0.1) is 11.3 Å². The summed E-state index contributed by atoms with van der Waals surface area (Å²) in [7, 11) is 0. The smallest absolute Gasteiger partial charge is 0.258 e. The SMILES string of the molecule is CC(C)c1ccc(C(NC(=O)COc2ccccc2C#N)c2cccs2)cc1. The summed E-state index contributed by atoms with van der Waals surface area (Å²) < 4.78 is 5.56. The summed E-state index contributed by atoms with van der Waals surface area (Å²) in [6.45, 7) is 4.17. The van der Waals surface area contributed by atoms with Crippen molar-refractivity contribution in [3.05, 3.63) is 87.6 Å². The largest absolute Gasteiger partial charge is 0.482 e. The third-order valence-corrected chi connectivity index (χ3v) is 5.37. The molecule has 0 aliphatic carbocycles. The number of nitrogens with one attached hydrogen (secondary N) is 1. The molecule has 1 N–H and O–H groups in total. The van der Waals surface area contributed by atoms with Crippen molar-refractivity contribution in [2.45, 2.75) is 25.8 Å². The first-order valence-electron chi connectivity index (χ1n) is 9.13. The van der Waals surface area contributed by atoms with Crippen LogP contribution >= 0.6 is 11.3 Å². The maximum atomic E-state index is 12.6. The predicted octanol–water partition coefficient (Wildman–Crippen LogP) is 5.03. The lowest BCUT2D eigenvalue weighted by Crippen LogP contribution is -2.33. The Labute approximate surface area is 169 Å². The first-order chi connectivity index (χ1) is 13.6. The highest BCUT2D eigenvalue weighted by atomic mass is 32.1. The monoisotopic (exact) mass is 390 g/mol. The van der Waals surface area contributed by atoms with E-state index in [9.17, 15) is 4.79 Å². The summed E-state index contributed by atoms with van der Waals surface area (Å²) in [5, 5.41) is 14.2. The van der Waals surface area contributed by atoms with Gasteiger partial charge in [-0.2, -0.15) is 5.26 Å². The first-order valence-corrected chi connectivity index (χ1v) is 10.0. The van der Waals surface area contributed by atoms with Gasteiger partial charge in [0, 0.05) is 4.88 Å². The number of amides is 1. The molecule has 0 aliphatic heterocycles. The van der Waals surface area contributed by atoms with E-state index in [0.717, 1.165) is 10.4 Å². The van der Waals surface area contributed by atoms with E-state index in [0.29, 0.717) is 17.2 Å². The molecule has 142 valence electrons. The fourth-order valence-electron chi connectivity index (χ4n) is 2.88. The fourth-order valence-corrected chi connectivity index (χ4v) is 3.68. The molecule has 0 saturated carbocycles. The number of nitrogens with zero attached hydrogens (tertiary/aromatic N) is 1. The number of benzene rings is 2. The van der Waals surface area contributed by atoms with Gasteiger partial charge in [0.1, 0.15) is 11.8 Å². The molecular formula is C23H22N2O2S. The van der Waals surface area contributed by atoms with Gasteiger partial charge in [-0.15, -0.1) is 11.3 Å². The summed E-state index contributed by atoms with van der Waals surface area (Å²) in [5.74, 6) is 0.630. The Bertz CT molecular complexity index is 957. The Balaban J connectivity index is 1.73. The maximum Gasteiger partial charge on any atom is 0.258 e. The maximum absolute atomic E-state index is 12.6. The van der Waals surface area contributed by atoms with E-state index in [1.165, 1.54) is 5.56 Å². The average Bonchev–Trinajstić information content (AvgIpc) is 3.25. The molecule has 3 rings (SSSR count). The minimum atomic E-state index is -0.237. The van der Waals surface area contributed by atoms with Crippen molar-refractivity contribution in [3.8, 4) is 11.8 Å². The van der Waals surface area contributed by atoms with Crippen molar-refractivity contribution < 1.29 is 9.53 Å². The lowest BCUT2D eigenvalue weighted by molar-refractivity contribution is -0.123. The van der Waals surface area contributed by atoms with Gasteiger partial charge >= 0.3 is 0 Å². The van der Waals surface area contributed by atoms with Gasteiger partial charge in [-0.05, 0) is 40.6 Å². The molecule has 1 aromatic heterocycles. The van der Waals surface area contributed by atoms with E-state index >= 15 is 0 Å². The second kappa shape index (κ2) is 9.20. The third kappa shape index (κ3) is 4.79. The minimum Gasteiger partial charge on any atom is -0.482 e. The van der Waals surface area contributed by atoms with Crippen molar-refractivity contribution in [1.82, 2.24) is 5.32 Å². The molecule has 2 aromatic carbocycles. The van der Waals surface area contributed by atoms with E-state index in [4.69, 9.17) is 10.00 Å². The number of para-hydroxylation sites is 1.